The number of nitrogens with one attached hydrogen (secondary N) is 1. The summed E-state index contributed by atoms with van der Waals surface area (Å²) in [5.41, 5.74) is 2.03. The normalized spacial score (nSPS) is 16.2. The van der Waals surface area contributed by atoms with Crippen LogP contribution in [0.5, 0.6) is 0 Å². The van der Waals surface area contributed by atoms with E-state index >= 15 is 0 Å². The van der Waals surface area contributed by atoms with E-state index in [2.05, 4.69) is 21.7 Å². The summed E-state index contributed by atoms with van der Waals surface area (Å²) in [6, 6.07) is 2.45. The standard InChI is InChI=1S/C15H18N2OS2/c18-14(16-12-4-2-1-3-5-12)8-13-10-20-15(17-13)11-6-7-19-9-11/h6-7,9-10,12H,1-5,8H2,(H,16,18). The molecule has 1 fully saturated rings. The zero-order valence-corrected chi connectivity index (χ0v) is 12.9. The van der Waals surface area contributed by atoms with Crippen molar-refractivity contribution in [1.29, 1.82) is 0 Å². The smallest absolute Gasteiger partial charge is 0.226 e. The van der Waals surface area contributed by atoms with Gasteiger partial charge in [-0.1, -0.05) is 19.3 Å². The highest BCUT2D eigenvalue weighted by Gasteiger charge is 2.16. The van der Waals surface area contributed by atoms with Gasteiger partial charge in [0, 0.05) is 22.4 Å². The maximum atomic E-state index is 12.0. The molecule has 1 N–H and O–H groups in total. The quantitative estimate of drug-likeness (QED) is 0.932. The summed E-state index contributed by atoms with van der Waals surface area (Å²) in [6.07, 6.45) is 6.44. The Balaban J connectivity index is 1.56. The molecule has 106 valence electrons. The van der Waals surface area contributed by atoms with Gasteiger partial charge in [-0.2, -0.15) is 11.3 Å². The van der Waals surface area contributed by atoms with Gasteiger partial charge in [0.15, 0.2) is 0 Å². The molecule has 1 aliphatic carbocycles. The fourth-order valence-corrected chi connectivity index (χ4v) is 4.13. The zero-order valence-electron chi connectivity index (χ0n) is 11.3. The molecule has 1 aliphatic rings. The van der Waals surface area contributed by atoms with E-state index in [1.165, 1.54) is 19.3 Å². The molecule has 2 aromatic heterocycles. The third kappa shape index (κ3) is 3.46. The Morgan fingerprint density at radius 3 is 2.90 bits per heavy atom. The second kappa shape index (κ2) is 6.50. The predicted molar refractivity (Wildman–Crippen MR) is 84.1 cm³/mol. The van der Waals surface area contributed by atoms with Crippen molar-refractivity contribution in [3.05, 3.63) is 27.9 Å². The molecule has 3 rings (SSSR count). The lowest BCUT2D eigenvalue weighted by Crippen LogP contribution is -2.37. The van der Waals surface area contributed by atoms with Crippen LogP contribution in [0.4, 0.5) is 0 Å². The van der Waals surface area contributed by atoms with Gasteiger partial charge in [-0.3, -0.25) is 4.79 Å². The van der Waals surface area contributed by atoms with E-state index in [0.717, 1.165) is 29.1 Å². The Morgan fingerprint density at radius 2 is 2.15 bits per heavy atom. The molecule has 0 spiro atoms. The van der Waals surface area contributed by atoms with Crippen LogP contribution in [0.1, 0.15) is 37.8 Å². The maximum absolute atomic E-state index is 12.0. The first-order chi connectivity index (χ1) is 9.81. The number of carbonyl (C=O) groups excluding carboxylic acids is 1. The number of rotatable bonds is 4. The molecule has 0 unspecified atom stereocenters. The van der Waals surface area contributed by atoms with Gasteiger partial charge in [-0.05, 0) is 24.3 Å². The van der Waals surface area contributed by atoms with Crippen LogP contribution in [0.2, 0.25) is 0 Å². The molecule has 0 atom stereocenters. The summed E-state index contributed by atoms with van der Waals surface area (Å²) in [6.45, 7) is 0. The first kappa shape index (κ1) is 13.8. The number of carbonyl (C=O) groups is 1. The minimum absolute atomic E-state index is 0.110. The Hall–Kier alpha value is -1.20. The highest BCUT2D eigenvalue weighted by molar-refractivity contribution is 7.14. The van der Waals surface area contributed by atoms with Crippen molar-refractivity contribution in [2.45, 2.75) is 44.6 Å². The van der Waals surface area contributed by atoms with Gasteiger partial charge >= 0.3 is 0 Å². The third-order valence-corrected chi connectivity index (χ3v) is 5.26. The van der Waals surface area contributed by atoms with E-state index < -0.39 is 0 Å². The number of nitrogens with zero attached hydrogens (tertiary/aromatic N) is 1. The summed E-state index contributed by atoms with van der Waals surface area (Å²) in [5, 5.41) is 10.3. The van der Waals surface area contributed by atoms with Gasteiger partial charge in [-0.25, -0.2) is 4.98 Å². The average Bonchev–Trinajstić information content (AvgIpc) is 3.10. The van der Waals surface area contributed by atoms with Crippen LogP contribution >= 0.6 is 22.7 Å². The van der Waals surface area contributed by atoms with E-state index in [0.29, 0.717) is 12.5 Å². The van der Waals surface area contributed by atoms with E-state index in [9.17, 15) is 4.79 Å². The number of aromatic nitrogens is 1. The maximum Gasteiger partial charge on any atom is 0.226 e. The first-order valence-corrected chi connectivity index (χ1v) is 8.90. The highest BCUT2D eigenvalue weighted by atomic mass is 32.1. The molecule has 0 saturated heterocycles. The number of thiophene rings is 1. The largest absolute Gasteiger partial charge is 0.353 e. The lowest BCUT2D eigenvalue weighted by Gasteiger charge is -2.22. The minimum Gasteiger partial charge on any atom is -0.353 e. The Bertz CT molecular complexity index is 556. The Labute approximate surface area is 127 Å². The summed E-state index contributed by atoms with van der Waals surface area (Å²) < 4.78 is 0. The second-order valence-electron chi connectivity index (χ2n) is 5.24. The summed E-state index contributed by atoms with van der Waals surface area (Å²) in [7, 11) is 0. The van der Waals surface area contributed by atoms with Crippen LogP contribution in [0, 0.1) is 0 Å². The Morgan fingerprint density at radius 1 is 1.30 bits per heavy atom. The van der Waals surface area contributed by atoms with Crippen molar-refractivity contribution < 1.29 is 4.79 Å². The molecule has 0 bridgehead atoms. The van der Waals surface area contributed by atoms with Crippen LogP contribution in [0.15, 0.2) is 22.2 Å². The molecular weight excluding hydrogens is 288 g/mol. The number of thiazole rings is 1. The van der Waals surface area contributed by atoms with Gasteiger partial charge in [-0.15, -0.1) is 11.3 Å². The molecular formula is C15H18N2OS2. The van der Waals surface area contributed by atoms with E-state index in [4.69, 9.17) is 0 Å². The van der Waals surface area contributed by atoms with Crippen molar-refractivity contribution in [2.75, 3.05) is 0 Å². The molecule has 20 heavy (non-hydrogen) atoms. The minimum atomic E-state index is 0.110. The van der Waals surface area contributed by atoms with Gasteiger partial charge in [0.1, 0.15) is 5.01 Å². The monoisotopic (exact) mass is 306 g/mol. The van der Waals surface area contributed by atoms with Gasteiger partial charge in [0.05, 0.1) is 12.1 Å². The number of amides is 1. The molecule has 0 aliphatic heterocycles. The first-order valence-electron chi connectivity index (χ1n) is 7.07. The van der Waals surface area contributed by atoms with Gasteiger partial charge in [0.2, 0.25) is 5.91 Å². The predicted octanol–water partition coefficient (Wildman–Crippen LogP) is 3.86. The molecule has 1 amide bonds. The van der Waals surface area contributed by atoms with Crippen molar-refractivity contribution in [1.82, 2.24) is 10.3 Å². The van der Waals surface area contributed by atoms with E-state index in [1.807, 2.05) is 10.8 Å². The van der Waals surface area contributed by atoms with Crippen LogP contribution in [-0.4, -0.2) is 16.9 Å². The Kier molecular flexibility index (Phi) is 4.47. The van der Waals surface area contributed by atoms with Gasteiger partial charge < -0.3 is 5.32 Å². The number of hydrogen-bond acceptors (Lipinski definition) is 4. The van der Waals surface area contributed by atoms with Crippen LogP contribution < -0.4 is 5.32 Å². The topological polar surface area (TPSA) is 42.0 Å². The SMILES string of the molecule is O=C(Cc1csc(-c2ccsc2)n1)NC1CCCCC1. The van der Waals surface area contributed by atoms with Gasteiger partial charge in [0.25, 0.3) is 0 Å². The van der Waals surface area contributed by atoms with Crippen LogP contribution in [0.25, 0.3) is 10.6 Å². The summed E-state index contributed by atoms with van der Waals surface area (Å²) in [5.74, 6) is 0.110. The summed E-state index contributed by atoms with van der Waals surface area (Å²) in [4.78, 5) is 16.6. The van der Waals surface area contributed by atoms with Crippen molar-refractivity contribution in [2.24, 2.45) is 0 Å². The molecule has 0 aromatic carbocycles. The van der Waals surface area contributed by atoms with E-state index in [1.54, 1.807) is 22.7 Å². The fourth-order valence-electron chi connectivity index (χ4n) is 2.60. The van der Waals surface area contributed by atoms with Crippen LogP contribution in [0.3, 0.4) is 0 Å². The van der Waals surface area contributed by atoms with Crippen molar-refractivity contribution in [3.8, 4) is 10.6 Å². The lowest BCUT2D eigenvalue weighted by atomic mass is 9.95. The molecule has 3 nitrogen and oxygen atoms in total. The fraction of sp³-hybridized carbons (Fsp3) is 0.467. The number of hydrogen-bond donors (Lipinski definition) is 1. The van der Waals surface area contributed by atoms with E-state index in [-0.39, 0.29) is 5.91 Å². The molecule has 5 heteroatoms. The third-order valence-electron chi connectivity index (χ3n) is 3.63. The molecule has 2 aromatic rings. The highest BCUT2D eigenvalue weighted by Crippen LogP contribution is 2.26. The van der Waals surface area contributed by atoms with Crippen molar-refractivity contribution in [3.63, 3.8) is 0 Å². The average molecular weight is 306 g/mol. The van der Waals surface area contributed by atoms with Crippen LogP contribution in [-0.2, 0) is 11.2 Å². The second-order valence-corrected chi connectivity index (χ2v) is 6.87. The molecule has 1 saturated carbocycles. The van der Waals surface area contributed by atoms with Crippen molar-refractivity contribution >= 4 is 28.6 Å². The lowest BCUT2D eigenvalue weighted by molar-refractivity contribution is -0.121. The zero-order chi connectivity index (χ0) is 13.8. The molecule has 2 heterocycles. The molecule has 0 radical (unpaired) electrons. The summed E-state index contributed by atoms with van der Waals surface area (Å²) >= 11 is 3.28.